The zero-order chi connectivity index (χ0) is 12.7. The Kier molecular flexibility index (Phi) is 2.70. The van der Waals surface area contributed by atoms with Crippen molar-refractivity contribution in [2.75, 3.05) is 0 Å². The fraction of sp³-hybridized carbons (Fsp3) is 0.231. The van der Waals surface area contributed by atoms with Crippen LogP contribution in [0.25, 0.3) is 11.0 Å². The third-order valence-electron chi connectivity index (χ3n) is 3.10. The van der Waals surface area contributed by atoms with Crippen molar-refractivity contribution in [2.45, 2.75) is 18.8 Å². The van der Waals surface area contributed by atoms with Gasteiger partial charge in [0, 0.05) is 11.3 Å². The number of benzene rings is 1. The molecule has 0 unspecified atom stereocenters. The van der Waals surface area contributed by atoms with E-state index in [0.717, 1.165) is 21.0 Å². The lowest BCUT2D eigenvalue weighted by Crippen LogP contribution is -2.24. The van der Waals surface area contributed by atoms with Gasteiger partial charge in [-0.3, -0.25) is 9.59 Å². The number of ether oxygens (including phenoxy) is 1. The molecule has 0 radical (unpaired) electrons. The molecule has 1 aliphatic rings. The Morgan fingerprint density at radius 3 is 2.56 bits per heavy atom. The average Bonchev–Trinajstić information content (AvgIpc) is 2.77. The summed E-state index contributed by atoms with van der Waals surface area (Å²) in [7, 11) is 0. The zero-order valence-electron chi connectivity index (χ0n) is 9.31. The number of cyclic esters (lactones) is 2. The van der Waals surface area contributed by atoms with Crippen molar-refractivity contribution >= 4 is 38.8 Å². The van der Waals surface area contributed by atoms with Crippen LogP contribution in [0, 0.1) is 0 Å². The SMILES string of the molecule is O=C1CC(c2ccc(Br)c3occc23)CC(=O)O1. The molecule has 92 valence electrons. The van der Waals surface area contributed by atoms with Crippen LogP contribution in [-0.4, -0.2) is 11.9 Å². The van der Waals surface area contributed by atoms with Crippen LogP contribution in [0.3, 0.4) is 0 Å². The predicted molar refractivity (Wildman–Crippen MR) is 67.0 cm³/mol. The van der Waals surface area contributed by atoms with E-state index in [1.54, 1.807) is 6.26 Å². The summed E-state index contributed by atoms with van der Waals surface area (Å²) in [4.78, 5) is 22.6. The van der Waals surface area contributed by atoms with Crippen LogP contribution in [-0.2, 0) is 14.3 Å². The standard InChI is InChI=1S/C13H9BrO4/c14-10-2-1-8(9-3-4-17-13(9)10)7-5-11(15)18-12(16)6-7/h1-4,7H,5-6H2. The number of halogens is 1. The van der Waals surface area contributed by atoms with Gasteiger partial charge >= 0.3 is 11.9 Å². The quantitative estimate of drug-likeness (QED) is 0.600. The molecule has 0 aliphatic carbocycles. The lowest BCUT2D eigenvalue weighted by atomic mass is 9.89. The lowest BCUT2D eigenvalue weighted by molar-refractivity contribution is -0.163. The first kappa shape index (κ1) is 11.5. The summed E-state index contributed by atoms with van der Waals surface area (Å²) in [6, 6.07) is 5.63. The topological polar surface area (TPSA) is 56.5 Å². The van der Waals surface area contributed by atoms with Crippen LogP contribution < -0.4 is 0 Å². The molecular formula is C13H9BrO4. The Bertz CT molecular complexity index is 627. The molecule has 1 aromatic carbocycles. The van der Waals surface area contributed by atoms with E-state index in [-0.39, 0.29) is 18.8 Å². The molecule has 0 bridgehead atoms. The molecule has 2 aromatic rings. The molecule has 3 rings (SSSR count). The van der Waals surface area contributed by atoms with Gasteiger partial charge in [-0.1, -0.05) is 6.07 Å². The number of hydrogen-bond acceptors (Lipinski definition) is 4. The van der Waals surface area contributed by atoms with Gasteiger partial charge in [0.15, 0.2) is 0 Å². The number of rotatable bonds is 1. The van der Waals surface area contributed by atoms with E-state index >= 15 is 0 Å². The van der Waals surface area contributed by atoms with Crippen LogP contribution in [0.4, 0.5) is 0 Å². The Morgan fingerprint density at radius 2 is 1.83 bits per heavy atom. The van der Waals surface area contributed by atoms with Gasteiger partial charge in [0.05, 0.1) is 23.6 Å². The van der Waals surface area contributed by atoms with Gasteiger partial charge < -0.3 is 9.15 Å². The Balaban J connectivity index is 2.09. The minimum atomic E-state index is -0.462. The van der Waals surface area contributed by atoms with Crippen molar-refractivity contribution in [3.63, 3.8) is 0 Å². The maximum absolute atomic E-state index is 11.3. The van der Waals surface area contributed by atoms with Gasteiger partial charge in [-0.05, 0) is 33.6 Å². The van der Waals surface area contributed by atoms with Crippen LogP contribution >= 0.6 is 15.9 Å². The van der Waals surface area contributed by atoms with E-state index in [9.17, 15) is 9.59 Å². The molecule has 18 heavy (non-hydrogen) atoms. The second kappa shape index (κ2) is 4.24. The van der Waals surface area contributed by atoms with E-state index in [1.807, 2.05) is 18.2 Å². The molecule has 1 saturated heterocycles. The Labute approximate surface area is 111 Å². The van der Waals surface area contributed by atoms with Gasteiger partial charge in [0.1, 0.15) is 5.58 Å². The molecule has 0 atom stereocenters. The van der Waals surface area contributed by atoms with Crippen molar-refractivity contribution in [1.29, 1.82) is 0 Å². The van der Waals surface area contributed by atoms with Gasteiger partial charge in [-0.25, -0.2) is 0 Å². The molecule has 1 aromatic heterocycles. The van der Waals surface area contributed by atoms with Gasteiger partial charge in [0.2, 0.25) is 0 Å². The highest BCUT2D eigenvalue weighted by Crippen LogP contribution is 2.36. The van der Waals surface area contributed by atoms with Crippen molar-refractivity contribution in [2.24, 2.45) is 0 Å². The summed E-state index contributed by atoms with van der Waals surface area (Å²) in [5.74, 6) is -1.06. The van der Waals surface area contributed by atoms with E-state index in [1.165, 1.54) is 0 Å². The van der Waals surface area contributed by atoms with E-state index in [2.05, 4.69) is 20.7 Å². The maximum Gasteiger partial charge on any atom is 0.314 e. The molecule has 2 heterocycles. The van der Waals surface area contributed by atoms with Crippen LogP contribution in [0.15, 0.2) is 33.4 Å². The first-order chi connectivity index (χ1) is 8.65. The zero-order valence-corrected chi connectivity index (χ0v) is 10.9. The molecule has 0 amide bonds. The van der Waals surface area contributed by atoms with Crippen molar-refractivity contribution in [1.82, 2.24) is 0 Å². The summed E-state index contributed by atoms with van der Waals surface area (Å²) in [6.45, 7) is 0. The van der Waals surface area contributed by atoms with Gasteiger partial charge in [-0.2, -0.15) is 0 Å². The van der Waals surface area contributed by atoms with E-state index in [4.69, 9.17) is 4.42 Å². The van der Waals surface area contributed by atoms with Crippen LogP contribution in [0.5, 0.6) is 0 Å². The minimum Gasteiger partial charge on any atom is -0.463 e. The van der Waals surface area contributed by atoms with E-state index in [0.29, 0.717) is 0 Å². The molecule has 0 saturated carbocycles. The summed E-state index contributed by atoms with van der Waals surface area (Å²) in [5.41, 5.74) is 1.69. The third kappa shape index (κ3) is 1.84. The first-order valence-electron chi connectivity index (χ1n) is 5.54. The molecule has 1 aliphatic heterocycles. The maximum atomic E-state index is 11.3. The number of carbonyl (C=O) groups is 2. The third-order valence-corrected chi connectivity index (χ3v) is 3.72. The average molecular weight is 309 g/mol. The molecular weight excluding hydrogens is 300 g/mol. The second-order valence-electron chi connectivity index (χ2n) is 4.25. The Hall–Kier alpha value is -1.62. The van der Waals surface area contributed by atoms with Crippen molar-refractivity contribution < 1.29 is 18.7 Å². The van der Waals surface area contributed by atoms with Gasteiger partial charge in [-0.15, -0.1) is 0 Å². The number of carbonyl (C=O) groups excluding carboxylic acids is 2. The van der Waals surface area contributed by atoms with E-state index < -0.39 is 11.9 Å². The van der Waals surface area contributed by atoms with Gasteiger partial charge in [0.25, 0.3) is 0 Å². The lowest BCUT2D eigenvalue weighted by Gasteiger charge is -2.20. The van der Waals surface area contributed by atoms with Crippen molar-refractivity contribution in [3.8, 4) is 0 Å². The normalized spacial score (nSPS) is 17.2. The molecule has 0 N–H and O–H groups in total. The summed E-state index contributed by atoms with van der Waals surface area (Å²) < 4.78 is 10.8. The number of furan rings is 1. The molecule has 4 nitrogen and oxygen atoms in total. The highest BCUT2D eigenvalue weighted by Gasteiger charge is 2.29. The Morgan fingerprint density at radius 1 is 1.11 bits per heavy atom. The minimum absolute atomic E-state index is 0.132. The summed E-state index contributed by atoms with van der Waals surface area (Å²) in [6.07, 6.45) is 2.06. The monoisotopic (exact) mass is 308 g/mol. The fourth-order valence-corrected chi connectivity index (χ4v) is 2.75. The van der Waals surface area contributed by atoms with Crippen LogP contribution in [0.1, 0.15) is 24.3 Å². The first-order valence-corrected chi connectivity index (χ1v) is 6.33. The molecule has 1 fully saturated rings. The fourth-order valence-electron chi connectivity index (χ4n) is 2.31. The molecule has 5 heteroatoms. The van der Waals surface area contributed by atoms with Crippen molar-refractivity contribution in [3.05, 3.63) is 34.5 Å². The smallest absolute Gasteiger partial charge is 0.314 e. The predicted octanol–water partition coefficient (Wildman–Crippen LogP) is 3.14. The number of esters is 2. The number of hydrogen-bond donors (Lipinski definition) is 0. The van der Waals surface area contributed by atoms with Crippen LogP contribution in [0.2, 0.25) is 0 Å². The summed E-state index contributed by atoms with van der Waals surface area (Å²) >= 11 is 3.41. The highest BCUT2D eigenvalue weighted by molar-refractivity contribution is 9.10. The highest BCUT2D eigenvalue weighted by atomic mass is 79.9. The molecule has 0 spiro atoms. The second-order valence-corrected chi connectivity index (χ2v) is 5.11. The largest absolute Gasteiger partial charge is 0.463 e. The number of fused-ring (bicyclic) bond motifs is 1. The summed E-state index contributed by atoms with van der Waals surface area (Å²) in [5, 5.41) is 0.928.